The molecule has 9 aromatic carbocycles. The van der Waals surface area contributed by atoms with Crippen LogP contribution in [0, 0.1) is 0 Å². The van der Waals surface area contributed by atoms with Gasteiger partial charge in [-0.15, -0.1) is 11.3 Å². The number of hydrogen-bond acceptors (Lipinski definition) is 3. The highest BCUT2D eigenvalue weighted by molar-refractivity contribution is 7.22. The highest BCUT2D eigenvalue weighted by atomic mass is 32.1. The third-order valence-electron chi connectivity index (χ3n) is 12.3. The predicted octanol–water partition coefficient (Wildman–Crippen LogP) is 15.2. The van der Waals surface area contributed by atoms with Crippen LogP contribution in [0.5, 0.6) is 0 Å². The van der Waals surface area contributed by atoms with Crippen molar-refractivity contribution in [2.75, 3.05) is 0 Å². The summed E-state index contributed by atoms with van der Waals surface area (Å²) < 4.78 is 5.91. The minimum Gasteiger partial charge on any atom is -0.309 e. The first kappa shape index (κ1) is 34.0. The van der Waals surface area contributed by atoms with Crippen molar-refractivity contribution < 1.29 is 0 Å². The van der Waals surface area contributed by atoms with E-state index >= 15 is 0 Å². The van der Waals surface area contributed by atoms with Gasteiger partial charge in [0, 0.05) is 58.5 Å². The first-order valence-electron chi connectivity index (χ1n) is 20.7. The molecule has 0 aliphatic rings. The molecule has 13 rings (SSSR count). The fourth-order valence-corrected chi connectivity index (χ4v) is 10.7. The molecule has 4 aromatic heterocycles. The third kappa shape index (κ3) is 5.18. The molecule has 0 unspecified atom stereocenters. The van der Waals surface area contributed by atoms with Crippen LogP contribution in [0.3, 0.4) is 0 Å². The summed E-state index contributed by atoms with van der Waals surface area (Å²) in [7, 11) is 0. The third-order valence-corrected chi connectivity index (χ3v) is 13.5. The van der Waals surface area contributed by atoms with E-state index in [0.29, 0.717) is 5.95 Å². The van der Waals surface area contributed by atoms with Gasteiger partial charge in [-0.3, -0.25) is 4.57 Å². The molecule has 0 fully saturated rings. The molecule has 13 aromatic rings. The van der Waals surface area contributed by atoms with E-state index in [0.717, 1.165) is 49.7 Å². The highest BCUT2D eigenvalue weighted by Gasteiger charge is 2.22. The Morgan fingerprint density at radius 3 is 1.93 bits per heavy atom. The summed E-state index contributed by atoms with van der Waals surface area (Å²) in [6, 6.07) is 74.2. The van der Waals surface area contributed by atoms with Gasteiger partial charge < -0.3 is 4.57 Å². The lowest BCUT2D eigenvalue weighted by Crippen LogP contribution is -2.04. The fraction of sp³-hybridized carbons (Fsp3) is 0. The van der Waals surface area contributed by atoms with E-state index in [4.69, 9.17) is 9.97 Å². The summed E-state index contributed by atoms with van der Waals surface area (Å²) >= 11 is 1.81. The molecular formula is C56H34N4S. The van der Waals surface area contributed by atoms with Crippen molar-refractivity contribution in [3.8, 4) is 44.5 Å². The maximum absolute atomic E-state index is 5.59. The number of thiophene rings is 1. The van der Waals surface area contributed by atoms with Crippen LogP contribution < -0.4 is 0 Å². The van der Waals surface area contributed by atoms with E-state index in [1.165, 1.54) is 64.2 Å². The number of benzene rings is 9. The van der Waals surface area contributed by atoms with Gasteiger partial charge in [-0.2, -0.15) is 0 Å². The number of aromatic nitrogens is 4. The summed E-state index contributed by atoms with van der Waals surface area (Å²) in [5, 5.41) is 9.39. The molecule has 0 spiro atoms. The summed E-state index contributed by atoms with van der Waals surface area (Å²) in [6.45, 7) is 0. The van der Waals surface area contributed by atoms with E-state index in [1.807, 2.05) is 11.3 Å². The minimum atomic E-state index is 0.654. The Hall–Kier alpha value is -7.86. The van der Waals surface area contributed by atoms with Crippen LogP contribution in [-0.4, -0.2) is 19.1 Å². The summed E-state index contributed by atoms with van der Waals surface area (Å²) in [6.07, 6.45) is 0. The maximum atomic E-state index is 5.59. The smallest absolute Gasteiger partial charge is 0.235 e. The first-order valence-corrected chi connectivity index (χ1v) is 21.5. The van der Waals surface area contributed by atoms with Crippen molar-refractivity contribution in [2.45, 2.75) is 0 Å². The van der Waals surface area contributed by atoms with Crippen molar-refractivity contribution in [1.82, 2.24) is 19.1 Å². The van der Waals surface area contributed by atoms with E-state index in [9.17, 15) is 0 Å². The number of fused-ring (bicyclic) bond motifs is 11. The number of rotatable bonds is 5. The molecule has 0 aliphatic carbocycles. The Balaban J connectivity index is 1.09. The van der Waals surface area contributed by atoms with Gasteiger partial charge in [0.15, 0.2) is 0 Å². The van der Waals surface area contributed by atoms with Gasteiger partial charge in [0.05, 0.1) is 33.3 Å². The van der Waals surface area contributed by atoms with Gasteiger partial charge in [-0.1, -0.05) is 152 Å². The van der Waals surface area contributed by atoms with Crippen molar-refractivity contribution in [2.24, 2.45) is 0 Å². The van der Waals surface area contributed by atoms with Crippen LogP contribution in [0.25, 0.3) is 120 Å². The topological polar surface area (TPSA) is 35.6 Å². The van der Waals surface area contributed by atoms with Crippen molar-refractivity contribution in [3.05, 3.63) is 206 Å². The van der Waals surface area contributed by atoms with Crippen molar-refractivity contribution in [1.29, 1.82) is 0 Å². The standard InChI is InChI=1S/C56H34N4S/c1-4-16-36(17-5-1)51-34-45-50(61-51)32-30-46-53(45)54(37-18-6-2-7-19-37)58-56(57-46)60-48-31-28-38(33-44(48)42-29-27-35-15-10-11-22-41(35)55(42)60)40-24-14-26-49-52(40)43-23-12-13-25-47(43)59(49)39-20-8-3-9-21-39/h1-34H. The molecule has 0 atom stereocenters. The molecule has 0 bridgehead atoms. The molecule has 0 N–H and O–H groups in total. The quantitative estimate of drug-likeness (QED) is 0.174. The van der Waals surface area contributed by atoms with Gasteiger partial charge in [0.1, 0.15) is 0 Å². The zero-order valence-corrected chi connectivity index (χ0v) is 33.6. The molecule has 0 aliphatic heterocycles. The average Bonchev–Trinajstić information content (AvgIpc) is 4.03. The summed E-state index contributed by atoms with van der Waals surface area (Å²) in [4.78, 5) is 12.3. The molecular weight excluding hydrogens is 761 g/mol. The summed E-state index contributed by atoms with van der Waals surface area (Å²) in [5.74, 6) is 0.654. The molecule has 284 valence electrons. The number of para-hydroxylation sites is 2. The van der Waals surface area contributed by atoms with Crippen LogP contribution in [-0.2, 0) is 0 Å². The Kier molecular flexibility index (Phi) is 7.44. The lowest BCUT2D eigenvalue weighted by molar-refractivity contribution is 1.02. The summed E-state index contributed by atoms with van der Waals surface area (Å²) in [5.41, 5.74) is 12.2. The van der Waals surface area contributed by atoms with Crippen LogP contribution in [0.1, 0.15) is 0 Å². The van der Waals surface area contributed by atoms with Crippen LogP contribution in [0.4, 0.5) is 0 Å². The normalized spacial score (nSPS) is 11.9. The molecule has 0 saturated heterocycles. The lowest BCUT2D eigenvalue weighted by atomic mass is 9.97. The molecule has 5 heteroatoms. The zero-order valence-electron chi connectivity index (χ0n) is 32.8. The average molecular weight is 795 g/mol. The second-order valence-corrected chi connectivity index (χ2v) is 16.8. The molecule has 0 amide bonds. The molecule has 4 heterocycles. The van der Waals surface area contributed by atoms with E-state index in [2.05, 4.69) is 215 Å². The second-order valence-electron chi connectivity index (χ2n) is 15.7. The Morgan fingerprint density at radius 2 is 1.10 bits per heavy atom. The second kappa shape index (κ2) is 13.3. The van der Waals surface area contributed by atoms with E-state index in [-0.39, 0.29) is 0 Å². The Bertz CT molecular complexity index is 3860. The predicted molar refractivity (Wildman–Crippen MR) is 257 cm³/mol. The lowest BCUT2D eigenvalue weighted by Gasteiger charge is -2.13. The van der Waals surface area contributed by atoms with Gasteiger partial charge in [-0.05, 0) is 76.7 Å². The van der Waals surface area contributed by atoms with Gasteiger partial charge in [0.25, 0.3) is 0 Å². The number of nitrogens with zero attached hydrogens (tertiary/aromatic N) is 4. The Labute approximate surface area is 354 Å². The van der Waals surface area contributed by atoms with Crippen LogP contribution >= 0.6 is 11.3 Å². The van der Waals surface area contributed by atoms with Crippen molar-refractivity contribution >= 4 is 86.7 Å². The maximum Gasteiger partial charge on any atom is 0.235 e. The van der Waals surface area contributed by atoms with E-state index in [1.54, 1.807) is 0 Å². The molecule has 4 nitrogen and oxygen atoms in total. The SMILES string of the molecule is c1ccc(-c2cc3c(ccc4nc(-n5c6ccc(-c7cccc8c7c7ccccc7n8-c7ccccc7)cc6c6ccc7ccccc7c65)nc(-c5ccccc5)c43)s2)cc1. The minimum absolute atomic E-state index is 0.654. The monoisotopic (exact) mass is 794 g/mol. The number of hydrogen-bond donors (Lipinski definition) is 0. The fourth-order valence-electron chi connectivity index (χ4n) is 9.65. The van der Waals surface area contributed by atoms with Crippen molar-refractivity contribution in [3.63, 3.8) is 0 Å². The largest absolute Gasteiger partial charge is 0.309 e. The van der Waals surface area contributed by atoms with Gasteiger partial charge in [0.2, 0.25) is 5.95 Å². The molecule has 61 heavy (non-hydrogen) atoms. The van der Waals surface area contributed by atoms with Crippen LogP contribution in [0.2, 0.25) is 0 Å². The Morgan fingerprint density at radius 1 is 0.393 bits per heavy atom. The van der Waals surface area contributed by atoms with Gasteiger partial charge >= 0.3 is 0 Å². The highest BCUT2D eigenvalue weighted by Crippen LogP contribution is 2.44. The molecule has 0 saturated carbocycles. The van der Waals surface area contributed by atoms with E-state index < -0.39 is 0 Å². The zero-order chi connectivity index (χ0) is 40.0. The first-order chi connectivity index (χ1) is 30.3. The molecule has 0 radical (unpaired) electrons. The van der Waals surface area contributed by atoms with Gasteiger partial charge in [-0.25, -0.2) is 9.97 Å². The van der Waals surface area contributed by atoms with Crippen LogP contribution in [0.15, 0.2) is 206 Å².